The van der Waals surface area contributed by atoms with Crippen LogP contribution in [0.4, 0.5) is 17.1 Å². The first-order valence-corrected chi connectivity index (χ1v) is 25.2. The number of aromatic nitrogens is 3. The molecular formula is C67H44N4S. The summed E-state index contributed by atoms with van der Waals surface area (Å²) in [5.41, 5.74) is 22.1. The Morgan fingerprint density at radius 1 is 0.361 bits per heavy atom. The highest BCUT2D eigenvalue weighted by molar-refractivity contribution is 7.00. The third-order valence-electron chi connectivity index (χ3n) is 14.8. The van der Waals surface area contributed by atoms with Gasteiger partial charge in [0.1, 0.15) is 11.0 Å². The molecule has 0 fully saturated rings. The lowest BCUT2D eigenvalue weighted by molar-refractivity contribution is 0.768. The van der Waals surface area contributed by atoms with Gasteiger partial charge in [0.25, 0.3) is 0 Å². The molecule has 1 aliphatic rings. The number of hydrogen-bond acceptors (Lipinski definition) is 4. The molecule has 338 valence electrons. The number of rotatable bonds is 9. The molecule has 0 radical (unpaired) electrons. The lowest BCUT2D eigenvalue weighted by atomic mass is 9.68. The number of nitrogens with zero attached hydrogens (tertiary/aromatic N) is 4. The number of benzene rings is 11. The zero-order valence-corrected chi connectivity index (χ0v) is 39.9. The molecule has 14 rings (SSSR count). The largest absolute Gasteiger partial charge is 0.309 e. The lowest BCUT2D eigenvalue weighted by Crippen LogP contribution is -2.28. The van der Waals surface area contributed by atoms with Crippen LogP contribution >= 0.6 is 11.7 Å². The molecule has 0 saturated heterocycles. The van der Waals surface area contributed by atoms with Gasteiger partial charge in [-0.05, 0) is 110 Å². The van der Waals surface area contributed by atoms with E-state index < -0.39 is 5.41 Å². The topological polar surface area (TPSA) is 34.0 Å². The van der Waals surface area contributed by atoms with Crippen molar-refractivity contribution >= 4 is 61.6 Å². The van der Waals surface area contributed by atoms with Crippen molar-refractivity contribution in [2.24, 2.45) is 0 Å². The minimum absolute atomic E-state index is 0.513. The Morgan fingerprint density at radius 2 is 0.875 bits per heavy atom. The molecule has 0 amide bonds. The van der Waals surface area contributed by atoms with Crippen LogP contribution in [0.2, 0.25) is 0 Å². The first-order valence-electron chi connectivity index (χ1n) is 24.5. The van der Waals surface area contributed by atoms with Gasteiger partial charge in [-0.3, -0.25) is 0 Å². The number of fused-ring (bicyclic) bond motifs is 7. The van der Waals surface area contributed by atoms with Crippen LogP contribution in [0, 0.1) is 0 Å². The van der Waals surface area contributed by atoms with E-state index in [2.05, 4.69) is 276 Å². The van der Waals surface area contributed by atoms with Crippen LogP contribution in [0.15, 0.2) is 267 Å². The van der Waals surface area contributed by atoms with Crippen molar-refractivity contribution in [2.45, 2.75) is 5.41 Å². The van der Waals surface area contributed by atoms with Crippen LogP contribution in [0.5, 0.6) is 0 Å². The smallest absolute Gasteiger partial charge is 0.129 e. The van der Waals surface area contributed by atoms with Gasteiger partial charge in [-0.15, -0.1) is 0 Å². The second-order valence-electron chi connectivity index (χ2n) is 18.6. The van der Waals surface area contributed by atoms with E-state index in [1.54, 1.807) is 0 Å². The summed E-state index contributed by atoms with van der Waals surface area (Å²) in [6.07, 6.45) is 0. The minimum Gasteiger partial charge on any atom is -0.309 e. The summed E-state index contributed by atoms with van der Waals surface area (Å²) < 4.78 is 12.7. The van der Waals surface area contributed by atoms with Gasteiger partial charge in [-0.25, -0.2) is 0 Å². The van der Waals surface area contributed by atoms with Crippen LogP contribution in [0.3, 0.4) is 0 Å². The van der Waals surface area contributed by atoms with E-state index in [4.69, 9.17) is 8.75 Å². The van der Waals surface area contributed by atoms with Gasteiger partial charge >= 0.3 is 0 Å². The molecule has 2 heterocycles. The van der Waals surface area contributed by atoms with Crippen LogP contribution in [0.25, 0.3) is 83.0 Å². The Hall–Kier alpha value is -9.16. The predicted molar refractivity (Wildman–Crippen MR) is 300 cm³/mol. The molecular weight excluding hydrogens is 893 g/mol. The van der Waals surface area contributed by atoms with Crippen molar-refractivity contribution < 1.29 is 0 Å². The molecule has 0 N–H and O–H groups in total. The average Bonchev–Trinajstić information content (AvgIpc) is 4.17. The molecule has 5 heteroatoms. The van der Waals surface area contributed by atoms with E-state index in [0.717, 1.165) is 55.9 Å². The number of hydrogen-bond donors (Lipinski definition) is 0. The van der Waals surface area contributed by atoms with E-state index in [1.807, 2.05) is 0 Å². The summed E-state index contributed by atoms with van der Waals surface area (Å²) in [5.74, 6) is 0. The lowest BCUT2D eigenvalue weighted by Gasteiger charge is -2.34. The van der Waals surface area contributed by atoms with Gasteiger partial charge < -0.3 is 9.47 Å². The Morgan fingerprint density at radius 3 is 1.53 bits per heavy atom. The second-order valence-corrected chi connectivity index (χ2v) is 19.1. The molecule has 13 aromatic rings. The van der Waals surface area contributed by atoms with Gasteiger partial charge in [0.05, 0.1) is 39.6 Å². The van der Waals surface area contributed by atoms with Crippen molar-refractivity contribution in [2.75, 3.05) is 4.90 Å². The molecule has 1 aliphatic carbocycles. The van der Waals surface area contributed by atoms with E-state index in [-0.39, 0.29) is 0 Å². The molecule has 2 aromatic heterocycles. The summed E-state index contributed by atoms with van der Waals surface area (Å²) in [4.78, 5) is 2.32. The predicted octanol–water partition coefficient (Wildman–Crippen LogP) is 17.6. The fourth-order valence-corrected chi connectivity index (χ4v) is 12.2. The summed E-state index contributed by atoms with van der Waals surface area (Å²) in [5, 5.41) is 2.41. The molecule has 0 atom stereocenters. The summed E-state index contributed by atoms with van der Waals surface area (Å²) in [6, 6.07) is 97.0. The fraction of sp³-hybridized carbons (Fsp3) is 0.0149. The highest BCUT2D eigenvalue weighted by Gasteiger charge is 2.47. The summed E-state index contributed by atoms with van der Waals surface area (Å²) >= 11 is 1.26. The molecule has 0 saturated carbocycles. The minimum atomic E-state index is -0.513. The SMILES string of the molecule is c1ccc(-c2ccc(N(c3ccc(-c4ccccc4)cc3)c3ccc(-c4ccc5c6ccccc6n(-c6cccc7c6-c6ccccc6C7(c6ccccc6)c6ccccc6)c5c4)c4nsnc34)cc2)cc1. The number of anilines is 3. The Balaban J connectivity index is 0.944. The molecule has 72 heavy (non-hydrogen) atoms. The van der Waals surface area contributed by atoms with Gasteiger partial charge in [0.2, 0.25) is 0 Å². The Labute approximate surface area is 422 Å². The standard InChI is InChI=1S/C67H44N4S/c1-5-18-45(19-6-1)47-32-37-52(38-33-47)70(53-39-34-48(35-40-53)46-20-7-2-8-21-46)62-43-42-54(65-66(62)69-72-68-65)49-36-41-56-55-26-14-16-30-60(55)71(63(56)44-49)61-31-17-29-59-64(61)57-27-13-15-28-58(57)67(59,50-22-9-3-10-23-50)51-24-11-4-12-25-51/h1-44H. The maximum Gasteiger partial charge on any atom is 0.129 e. The Kier molecular flexibility index (Phi) is 9.90. The first-order chi connectivity index (χ1) is 35.7. The average molecular weight is 937 g/mol. The molecule has 0 unspecified atom stereocenters. The van der Waals surface area contributed by atoms with Crippen molar-refractivity contribution in [1.29, 1.82) is 0 Å². The molecule has 0 aliphatic heterocycles. The second kappa shape index (κ2) is 17.1. The third-order valence-corrected chi connectivity index (χ3v) is 15.3. The van der Waals surface area contributed by atoms with E-state index in [9.17, 15) is 0 Å². The van der Waals surface area contributed by atoms with E-state index >= 15 is 0 Å². The van der Waals surface area contributed by atoms with Crippen molar-refractivity contribution in [3.63, 3.8) is 0 Å². The maximum absolute atomic E-state index is 5.08. The van der Waals surface area contributed by atoms with E-state index in [1.165, 1.54) is 78.1 Å². The zero-order valence-electron chi connectivity index (χ0n) is 39.1. The summed E-state index contributed by atoms with van der Waals surface area (Å²) in [6.45, 7) is 0. The fourth-order valence-electron chi connectivity index (χ4n) is 11.6. The highest BCUT2D eigenvalue weighted by atomic mass is 32.1. The molecule has 0 bridgehead atoms. The van der Waals surface area contributed by atoms with Crippen LogP contribution < -0.4 is 4.90 Å². The molecule has 4 nitrogen and oxygen atoms in total. The van der Waals surface area contributed by atoms with Crippen LogP contribution in [-0.2, 0) is 5.41 Å². The van der Waals surface area contributed by atoms with E-state index in [0.29, 0.717) is 0 Å². The quantitative estimate of drug-likeness (QED) is 0.145. The highest BCUT2D eigenvalue weighted by Crippen LogP contribution is 2.58. The van der Waals surface area contributed by atoms with Gasteiger partial charge in [0, 0.05) is 33.3 Å². The van der Waals surface area contributed by atoms with Crippen LogP contribution in [-0.4, -0.2) is 13.3 Å². The monoisotopic (exact) mass is 936 g/mol. The van der Waals surface area contributed by atoms with Gasteiger partial charge in [-0.1, -0.05) is 212 Å². The van der Waals surface area contributed by atoms with Gasteiger partial charge in [0.15, 0.2) is 0 Å². The first kappa shape index (κ1) is 41.8. The Bertz CT molecular complexity index is 4000. The van der Waals surface area contributed by atoms with Crippen LogP contribution in [0.1, 0.15) is 22.3 Å². The maximum atomic E-state index is 5.08. The van der Waals surface area contributed by atoms with Gasteiger partial charge in [-0.2, -0.15) is 8.75 Å². The van der Waals surface area contributed by atoms with Crippen molar-refractivity contribution in [3.8, 4) is 50.2 Å². The molecule has 0 spiro atoms. The van der Waals surface area contributed by atoms with Crippen molar-refractivity contribution in [1.82, 2.24) is 13.3 Å². The summed E-state index contributed by atoms with van der Waals surface area (Å²) in [7, 11) is 0. The third kappa shape index (κ3) is 6.52. The number of para-hydroxylation sites is 1. The van der Waals surface area contributed by atoms with Crippen molar-refractivity contribution in [3.05, 3.63) is 289 Å². The zero-order chi connectivity index (χ0) is 47.6. The molecule has 11 aromatic carbocycles. The normalized spacial score (nSPS) is 12.6.